The summed E-state index contributed by atoms with van der Waals surface area (Å²) in [5, 5.41) is 20.0. The van der Waals surface area contributed by atoms with Crippen LogP contribution < -0.4 is 10.9 Å². The summed E-state index contributed by atoms with van der Waals surface area (Å²) in [6, 6.07) is 3.23. The SMILES string of the molecule is Cn1c(CO)nnc1C1CC(NC(=O)c2cccn(C)c2=O)C1. The second-order valence-corrected chi connectivity index (χ2v) is 5.87. The molecule has 8 nitrogen and oxygen atoms in total. The molecule has 0 radical (unpaired) electrons. The van der Waals surface area contributed by atoms with Gasteiger partial charge in [0, 0.05) is 32.3 Å². The molecular weight excluding hydrogens is 298 g/mol. The Hall–Kier alpha value is -2.48. The average molecular weight is 317 g/mol. The Labute approximate surface area is 132 Å². The van der Waals surface area contributed by atoms with Crippen LogP contribution in [0.25, 0.3) is 0 Å². The number of rotatable bonds is 4. The molecule has 2 aromatic heterocycles. The van der Waals surface area contributed by atoms with E-state index in [4.69, 9.17) is 5.11 Å². The van der Waals surface area contributed by atoms with Crippen LogP contribution in [0, 0.1) is 0 Å². The molecule has 0 aliphatic heterocycles. The first-order valence-electron chi connectivity index (χ1n) is 7.46. The lowest BCUT2D eigenvalue weighted by molar-refractivity contribution is 0.0905. The van der Waals surface area contributed by atoms with Crippen molar-refractivity contribution in [3.8, 4) is 0 Å². The van der Waals surface area contributed by atoms with Gasteiger partial charge in [0.05, 0.1) is 0 Å². The highest BCUT2D eigenvalue weighted by Crippen LogP contribution is 2.35. The van der Waals surface area contributed by atoms with Gasteiger partial charge in [-0.25, -0.2) is 0 Å². The van der Waals surface area contributed by atoms with Gasteiger partial charge in [-0.2, -0.15) is 0 Å². The summed E-state index contributed by atoms with van der Waals surface area (Å²) < 4.78 is 3.17. The number of aliphatic hydroxyl groups is 1. The molecule has 0 atom stereocenters. The van der Waals surface area contributed by atoms with Crippen molar-refractivity contribution in [1.29, 1.82) is 0 Å². The Morgan fingerprint density at radius 1 is 1.39 bits per heavy atom. The Bertz CT molecular complexity index is 789. The molecule has 0 spiro atoms. The van der Waals surface area contributed by atoms with Crippen LogP contribution in [0.4, 0.5) is 0 Å². The first-order valence-corrected chi connectivity index (χ1v) is 7.46. The maximum Gasteiger partial charge on any atom is 0.263 e. The lowest BCUT2D eigenvalue weighted by atomic mass is 9.79. The fraction of sp³-hybridized carbons (Fsp3) is 0.467. The standard InChI is InChI=1S/C15H19N5O3/c1-19-5-3-4-11(15(19)23)14(22)16-10-6-9(7-10)13-18-17-12(8-21)20(13)2/h3-5,9-10,21H,6-8H2,1-2H3,(H,16,22). The third-order valence-electron chi connectivity index (χ3n) is 4.35. The zero-order valence-corrected chi connectivity index (χ0v) is 13.1. The second kappa shape index (κ2) is 5.96. The number of nitrogens with zero attached hydrogens (tertiary/aromatic N) is 4. The Balaban J connectivity index is 1.62. The second-order valence-electron chi connectivity index (χ2n) is 5.87. The van der Waals surface area contributed by atoms with Crippen LogP contribution in [0.5, 0.6) is 0 Å². The predicted octanol–water partition coefficient (Wildman–Crippen LogP) is -0.318. The monoisotopic (exact) mass is 317 g/mol. The van der Waals surface area contributed by atoms with E-state index >= 15 is 0 Å². The number of carbonyl (C=O) groups is 1. The molecule has 0 bridgehead atoms. The molecule has 1 fully saturated rings. The van der Waals surface area contributed by atoms with E-state index in [1.165, 1.54) is 10.6 Å². The minimum absolute atomic E-state index is 0.0201. The smallest absolute Gasteiger partial charge is 0.263 e. The summed E-state index contributed by atoms with van der Waals surface area (Å²) in [6.45, 7) is -0.145. The molecule has 1 aliphatic rings. The average Bonchev–Trinajstić information content (AvgIpc) is 2.85. The molecule has 122 valence electrons. The van der Waals surface area contributed by atoms with Crippen molar-refractivity contribution in [2.75, 3.05) is 0 Å². The third kappa shape index (κ3) is 2.77. The molecule has 0 unspecified atom stereocenters. The van der Waals surface area contributed by atoms with Gasteiger partial charge < -0.3 is 19.6 Å². The largest absolute Gasteiger partial charge is 0.388 e. The van der Waals surface area contributed by atoms with Gasteiger partial charge in [-0.1, -0.05) is 0 Å². The van der Waals surface area contributed by atoms with Crippen LogP contribution in [-0.4, -0.2) is 36.4 Å². The Morgan fingerprint density at radius 2 is 2.13 bits per heavy atom. The lowest BCUT2D eigenvalue weighted by Crippen LogP contribution is -2.45. The normalized spacial score (nSPS) is 20.1. The van der Waals surface area contributed by atoms with Crippen molar-refractivity contribution >= 4 is 5.91 Å². The van der Waals surface area contributed by atoms with E-state index in [1.807, 2.05) is 7.05 Å². The van der Waals surface area contributed by atoms with Crippen molar-refractivity contribution in [3.63, 3.8) is 0 Å². The number of amides is 1. The van der Waals surface area contributed by atoms with E-state index in [-0.39, 0.29) is 35.6 Å². The zero-order chi connectivity index (χ0) is 16.6. The maximum atomic E-state index is 12.2. The highest BCUT2D eigenvalue weighted by molar-refractivity contribution is 5.94. The van der Waals surface area contributed by atoms with E-state index in [0.717, 1.165) is 18.7 Å². The van der Waals surface area contributed by atoms with E-state index in [2.05, 4.69) is 15.5 Å². The number of pyridine rings is 1. The third-order valence-corrected chi connectivity index (χ3v) is 4.35. The van der Waals surface area contributed by atoms with Crippen molar-refractivity contribution in [2.45, 2.75) is 31.4 Å². The quantitative estimate of drug-likeness (QED) is 0.805. The number of aromatic nitrogens is 4. The fourth-order valence-corrected chi connectivity index (χ4v) is 2.85. The Kier molecular flexibility index (Phi) is 3.99. The Morgan fingerprint density at radius 3 is 2.78 bits per heavy atom. The number of aryl methyl sites for hydroxylation is 1. The van der Waals surface area contributed by atoms with Gasteiger partial charge in [-0.15, -0.1) is 10.2 Å². The number of aliphatic hydroxyl groups excluding tert-OH is 1. The molecule has 3 rings (SSSR count). The van der Waals surface area contributed by atoms with Gasteiger partial charge in [0.15, 0.2) is 5.82 Å². The van der Waals surface area contributed by atoms with Gasteiger partial charge >= 0.3 is 0 Å². The molecule has 23 heavy (non-hydrogen) atoms. The van der Waals surface area contributed by atoms with E-state index in [1.54, 1.807) is 23.9 Å². The van der Waals surface area contributed by atoms with Crippen LogP contribution in [0.15, 0.2) is 23.1 Å². The van der Waals surface area contributed by atoms with Crippen LogP contribution in [-0.2, 0) is 20.7 Å². The highest BCUT2D eigenvalue weighted by atomic mass is 16.3. The molecule has 1 amide bonds. The summed E-state index contributed by atoms with van der Waals surface area (Å²) in [6.07, 6.45) is 3.11. The molecule has 8 heteroatoms. The summed E-state index contributed by atoms with van der Waals surface area (Å²) in [4.78, 5) is 24.1. The van der Waals surface area contributed by atoms with Gasteiger partial charge in [-0.05, 0) is 25.0 Å². The lowest BCUT2D eigenvalue weighted by Gasteiger charge is -2.35. The molecule has 2 N–H and O–H groups in total. The van der Waals surface area contributed by atoms with Crippen LogP contribution in [0.3, 0.4) is 0 Å². The minimum atomic E-state index is -0.344. The van der Waals surface area contributed by atoms with Crippen molar-refractivity contribution in [1.82, 2.24) is 24.6 Å². The molecule has 1 saturated carbocycles. The van der Waals surface area contributed by atoms with Crippen molar-refractivity contribution < 1.29 is 9.90 Å². The van der Waals surface area contributed by atoms with Gasteiger partial charge in [0.1, 0.15) is 18.0 Å². The highest BCUT2D eigenvalue weighted by Gasteiger charge is 2.35. The van der Waals surface area contributed by atoms with E-state index in [9.17, 15) is 9.59 Å². The van der Waals surface area contributed by atoms with Crippen LogP contribution >= 0.6 is 0 Å². The topological polar surface area (TPSA) is 102 Å². The summed E-state index contributed by atoms with van der Waals surface area (Å²) >= 11 is 0. The molecule has 2 aromatic rings. The van der Waals surface area contributed by atoms with Gasteiger partial charge in [0.25, 0.3) is 11.5 Å². The van der Waals surface area contributed by atoms with E-state index < -0.39 is 0 Å². The zero-order valence-electron chi connectivity index (χ0n) is 13.1. The molecule has 2 heterocycles. The summed E-state index contributed by atoms with van der Waals surface area (Å²) in [7, 11) is 3.44. The molecular formula is C15H19N5O3. The summed E-state index contributed by atoms with van der Waals surface area (Å²) in [5.41, 5.74) is -0.151. The molecule has 1 aliphatic carbocycles. The van der Waals surface area contributed by atoms with Crippen molar-refractivity contribution in [3.05, 3.63) is 45.9 Å². The van der Waals surface area contributed by atoms with Crippen LogP contribution in [0.2, 0.25) is 0 Å². The van der Waals surface area contributed by atoms with Gasteiger partial charge in [-0.3, -0.25) is 9.59 Å². The van der Waals surface area contributed by atoms with Gasteiger partial charge in [0.2, 0.25) is 0 Å². The van der Waals surface area contributed by atoms with Crippen molar-refractivity contribution in [2.24, 2.45) is 14.1 Å². The summed E-state index contributed by atoms with van der Waals surface area (Å²) in [5.74, 6) is 1.20. The van der Waals surface area contributed by atoms with E-state index in [0.29, 0.717) is 5.82 Å². The molecule has 0 aromatic carbocycles. The number of nitrogens with one attached hydrogen (secondary N) is 1. The fourth-order valence-electron chi connectivity index (χ4n) is 2.85. The number of hydrogen-bond acceptors (Lipinski definition) is 5. The minimum Gasteiger partial charge on any atom is -0.388 e. The van der Waals surface area contributed by atoms with Crippen LogP contribution in [0.1, 0.15) is 40.8 Å². The first-order chi connectivity index (χ1) is 11.0. The number of carbonyl (C=O) groups excluding carboxylic acids is 1. The first kappa shape index (κ1) is 15.4. The number of hydrogen-bond donors (Lipinski definition) is 2. The maximum absolute atomic E-state index is 12.2. The predicted molar refractivity (Wildman–Crippen MR) is 81.8 cm³/mol. The molecule has 0 saturated heterocycles.